The highest BCUT2D eigenvalue weighted by molar-refractivity contribution is 7.22. The maximum atomic E-state index is 12.7. The second-order valence-electron chi connectivity index (χ2n) is 13.8. The highest BCUT2D eigenvalue weighted by Gasteiger charge is 2.35. The number of benzene rings is 3. The standard InChI is InChI=1S/C36H40ClN5O4S/c1-20-16-27-32(30(21-6-9-23(37)10-7-21)29(20)31(35(44)45)46-36(2,3)4)47-34(38-27)22-8-11-28-26(17-22)33(39-40(28)5)42-14-12-41(13-15-42)24-18-25(43)19-24/h6-11,16-17,24-25,31,43H,12-15,18-19H2,1-5H3,(H,44,45)/t24-,25+,31-/m0/s1. The summed E-state index contributed by atoms with van der Waals surface area (Å²) in [6.07, 6.45) is 0.435. The summed E-state index contributed by atoms with van der Waals surface area (Å²) >= 11 is 7.83. The van der Waals surface area contributed by atoms with Crippen molar-refractivity contribution in [3.05, 3.63) is 64.7 Å². The second kappa shape index (κ2) is 12.2. The molecule has 3 heterocycles. The van der Waals surface area contributed by atoms with E-state index >= 15 is 0 Å². The van der Waals surface area contributed by atoms with Crippen LogP contribution in [-0.2, 0) is 16.6 Å². The molecule has 7 rings (SSSR count). The number of hydrogen-bond donors (Lipinski definition) is 2. The Labute approximate surface area is 283 Å². The number of aliphatic carboxylic acids is 1. The Morgan fingerprint density at radius 3 is 2.36 bits per heavy atom. The van der Waals surface area contributed by atoms with Crippen molar-refractivity contribution in [2.45, 2.75) is 64.4 Å². The van der Waals surface area contributed by atoms with Crippen molar-refractivity contribution in [3.8, 4) is 21.7 Å². The van der Waals surface area contributed by atoms with Gasteiger partial charge in [0.25, 0.3) is 0 Å². The average Bonchev–Trinajstić information content (AvgIpc) is 3.58. The zero-order valence-electron chi connectivity index (χ0n) is 27.3. The minimum Gasteiger partial charge on any atom is -0.479 e. The number of nitrogens with zero attached hydrogens (tertiary/aromatic N) is 5. The van der Waals surface area contributed by atoms with Crippen molar-refractivity contribution in [2.24, 2.45) is 7.05 Å². The SMILES string of the molecule is Cc1cc2nc(-c3ccc4c(c3)c(N3CCN([C@H]5C[C@@H](O)C5)CC3)nn4C)sc2c(-c2ccc(Cl)cc2)c1[C@H](OC(C)(C)C)C(=O)O. The number of anilines is 1. The molecule has 1 saturated heterocycles. The monoisotopic (exact) mass is 673 g/mol. The van der Waals surface area contributed by atoms with Gasteiger partial charge in [0, 0.05) is 66.4 Å². The van der Waals surface area contributed by atoms with Gasteiger partial charge in [-0.25, -0.2) is 9.78 Å². The Bertz CT molecular complexity index is 1970. The summed E-state index contributed by atoms with van der Waals surface area (Å²) in [6.45, 7) is 11.2. The number of carboxylic acids is 1. The topological polar surface area (TPSA) is 104 Å². The summed E-state index contributed by atoms with van der Waals surface area (Å²) in [5, 5.41) is 27.7. The predicted molar refractivity (Wildman–Crippen MR) is 189 cm³/mol. The van der Waals surface area contributed by atoms with E-state index in [1.165, 1.54) is 0 Å². The van der Waals surface area contributed by atoms with E-state index in [0.29, 0.717) is 16.6 Å². The van der Waals surface area contributed by atoms with Gasteiger partial charge in [-0.1, -0.05) is 23.7 Å². The lowest BCUT2D eigenvalue weighted by atomic mass is 9.88. The number of carboxylic acid groups (broad SMARTS) is 1. The van der Waals surface area contributed by atoms with Gasteiger partial charge in [0.2, 0.25) is 0 Å². The molecule has 11 heteroatoms. The van der Waals surface area contributed by atoms with Crippen LogP contribution in [0.1, 0.15) is 50.8 Å². The fourth-order valence-electron chi connectivity index (χ4n) is 6.93. The summed E-state index contributed by atoms with van der Waals surface area (Å²) in [5.41, 5.74) is 5.25. The fraction of sp³-hybridized carbons (Fsp3) is 0.417. The third kappa shape index (κ3) is 6.13. The molecular formula is C36H40ClN5O4S. The van der Waals surface area contributed by atoms with Crippen LogP contribution in [-0.4, -0.2) is 79.8 Å². The van der Waals surface area contributed by atoms with Gasteiger partial charge in [0.05, 0.1) is 27.4 Å². The molecule has 0 unspecified atom stereocenters. The Morgan fingerprint density at radius 1 is 1.04 bits per heavy atom. The van der Waals surface area contributed by atoms with Crippen LogP contribution in [0.3, 0.4) is 0 Å². The number of ether oxygens (including phenoxy) is 1. The molecular weight excluding hydrogens is 634 g/mol. The van der Waals surface area contributed by atoms with E-state index in [4.69, 9.17) is 26.4 Å². The quantitative estimate of drug-likeness (QED) is 0.189. The van der Waals surface area contributed by atoms with Crippen LogP contribution < -0.4 is 4.90 Å². The Hall–Kier alpha value is -3.54. The minimum absolute atomic E-state index is 0.146. The van der Waals surface area contributed by atoms with Gasteiger partial charge in [0.15, 0.2) is 11.9 Å². The number of halogens is 1. The van der Waals surface area contributed by atoms with Crippen molar-refractivity contribution in [2.75, 3.05) is 31.1 Å². The van der Waals surface area contributed by atoms with E-state index in [-0.39, 0.29) is 6.10 Å². The zero-order chi connectivity index (χ0) is 33.2. The third-order valence-corrected chi connectivity index (χ3v) is 10.7. The Kier molecular flexibility index (Phi) is 8.29. The van der Waals surface area contributed by atoms with Crippen LogP contribution >= 0.6 is 22.9 Å². The number of aryl methyl sites for hydroxylation is 2. The number of aromatic nitrogens is 3. The van der Waals surface area contributed by atoms with Crippen LogP contribution in [0, 0.1) is 6.92 Å². The van der Waals surface area contributed by atoms with Gasteiger partial charge in [-0.2, -0.15) is 5.10 Å². The molecule has 3 aromatic carbocycles. The maximum absolute atomic E-state index is 12.7. The normalized spacial score (nSPS) is 19.8. The molecule has 2 aromatic heterocycles. The first-order valence-electron chi connectivity index (χ1n) is 16.1. The van der Waals surface area contributed by atoms with Crippen LogP contribution in [0.2, 0.25) is 5.02 Å². The number of aliphatic hydroxyl groups is 1. The molecule has 246 valence electrons. The molecule has 1 atom stereocenters. The number of thiazole rings is 1. The lowest BCUT2D eigenvalue weighted by Gasteiger charge is -2.45. The Morgan fingerprint density at radius 2 is 1.72 bits per heavy atom. The molecule has 2 fully saturated rings. The van der Waals surface area contributed by atoms with Crippen LogP contribution in [0.15, 0.2) is 48.5 Å². The molecule has 0 spiro atoms. The first kappa shape index (κ1) is 32.0. The number of fused-ring (bicyclic) bond motifs is 2. The van der Waals surface area contributed by atoms with E-state index in [9.17, 15) is 15.0 Å². The Balaban J connectivity index is 1.31. The van der Waals surface area contributed by atoms with Gasteiger partial charge in [-0.05, 0) is 88.1 Å². The van der Waals surface area contributed by atoms with Crippen molar-refractivity contribution >= 4 is 55.8 Å². The summed E-state index contributed by atoms with van der Waals surface area (Å²) in [7, 11) is 1.98. The molecule has 0 radical (unpaired) electrons. The maximum Gasteiger partial charge on any atom is 0.337 e. The van der Waals surface area contributed by atoms with E-state index in [1.807, 2.05) is 69.8 Å². The van der Waals surface area contributed by atoms with Crippen molar-refractivity contribution < 1.29 is 19.7 Å². The summed E-state index contributed by atoms with van der Waals surface area (Å²) in [6, 6.07) is 16.3. The molecule has 2 N–H and O–H groups in total. The summed E-state index contributed by atoms with van der Waals surface area (Å²) < 4.78 is 9.02. The largest absolute Gasteiger partial charge is 0.479 e. The molecule has 1 aliphatic carbocycles. The highest BCUT2D eigenvalue weighted by Crippen LogP contribution is 2.45. The van der Waals surface area contributed by atoms with Crippen molar-refractivity contribution in [1.82, 2.24) is 19.7 Å². The lowest BCUT2D eigenvalue weighted by molar-refractivity contribution is -0.160. The van der Waals surface area contributed by atoms with Gasteiger partial charge in [-0.3, -0.25) is 9.58 Å². The number of piperazine rings is 1. The first-order chi connectivity index (χ1) is 22.4. The smallest absolute Gasteiger partial charge is 0.337 e. The van der Waals surface area contributed by atoms with Crippen LogP contribution in [0.5, 0.6) is 0 Å². The van der Waals surface area contributed by atoms with Crippen molar-refractivity contribution in [3.63, 3.8) is 0 Å². The number of rotatable bonds is 7. The molecule has 9 nitrogen and oxygen atoms in total. The first-order valence-corrected chi connectivity index (χ1v) is 17.3. The van der Waals surface area contributed by atoms with Crippen LogP contribution in [0.25, 0.3) is 42.8 Å². The lowest BCUT2D eigenvalue weighted by Crippen LogP contribution is -2.55. The molecule has 0 amide bonds. The molecule has 47 heavy (non-hydrogen) atoms. The van der Waals surface area contributed by atoms with E-state index in [2.05, 4.69) is 28.0 Å². The van der Waals surface area contributed by atoms with E-state index < -0.39 is 17.7 Å². The second-order valence-corrected chi connectivity index (χ2v) is 15.2. The molecule has 2 aliphatic rings. The zero-order valence-corrected chi connectivity index (χ0v) is 28.9. The molecule has 1 aliphatic heterocycles. The van der Waals surface area contributed by atoms with Crippen molar-refractivity contribution in [1.29, 1.82) is 0 Å². The third-order valence-electron chi connectivity index (χ3n) is 9.31. The summed E-state index contributed by atoms with van der Waals surface area (Å²) in [5.74, 6) is -0.0645. The predicted octanol–water partition coefficient (Wildman–Crippen LogP) is 7.06. The highest BCUT2D eigenvalue weighted by atomic mass is 35.5. The van der Waals surface area contributed by atoms with E-state index in [0.717, 1.165) is 93.2 Å². The number of carbonyl (C=O) groups is 1. The fourth-order valence-corrected chi connectivity index (χ4v) is 8.18. The van der Waals surface area contributed by atoms with E-state index in [1.54, 1.807) is 11.3 Å². The van der Waals surface area contributed by atoms with Gasteiger partial charge >= 0.3 is 5.97 Å². The van der Waals surface area contributed by atoms with Gasteiger partial charge < -0.3 is 19.8 Å². The van der Waals surface area contributed by atoms with Gasteiger partial charge in [0.1, 0.15) is 5.01 Å². The average molecular weight is 674 g/mol. The number of aliphatic hydroxyl groups excluding tert-OH is 1. The minimum atomic E-state index is -1.17. The van der Waals surface area contributed by atoms with Crippen LogP contribution in [0.4, 0.5) is 5.82 Å². The summed E-state index contributed by atoms with van der Waals surface area (Å²) in [4.78, 5) is 22.7. The number of hydrogen-bond acceptors (Lipinski definition) is 8. The van der Waals surface area contributed by atoms with Gasteiger partial charge in [-0.15, -0.1) is 11.3 Å². The molecule has 1 saturated carbocycles. The molecule has 0 bridgehead atoms. The molecule has 5 aromatic rings.